The predicted molar refractivity (Wildman–Crippen MR) is 131 cm³/mol. The standard InChI is InChI=1S/C23H23BrN4O6/c1-13(21(30)33-5)34-19-14(7-6-8-18(19)28(31)32)12-25-27-20(29)16-11-15(24)9-10-17(16)26-22(27)23(2,3)4/h6-13H,1-5H3/t13-/m0/s1. The highest BCUT2D eigenvalue weighted by molar-refractivity contribution is 9.10. The summed E-state index contributed by atoms with van der Waals surface area (Å²) in [6.07, 6.45) is 0.167. The van der Waals surface area contributed by atoms with Crippen LogP contribution in [0.5, 0.6) is 5.75 Å². The molecule has 10 nitrogen and oxygen atoms in total. The smallest absolute Gasteiger partial charge is 0.346 e. The Morgan fingerprint density at radius 3 is 2.62 bits per heavy atom. The van der Waals surface area contributed by atoms with E-state index < -0.39 is 28.0 Å². The molecule has 178 valence electrons. The first kappa shape index (κ1) is 25.0. The number of rotatable bonds is 6. The summed E-state index contributed by atoms with van der Waals surface area (Å²) in [4.78, 5) is 40.7. The quantitative estimate of drug-likeness (QED) is 0.202. The van der Waals surface area contributed by atoms with Gasteiger partial charge in [0.15, 0.2) is 6.10 Å². The van der Waals surface area contributed by atoms with Crippen LogP contribution in [0.2, 0.25) is 0 Å². The lowest BCUT2D eigenvalue weighted by molar-refractivity contribution is -0.386. The van der Waals surface area contributed by atoms with E-state index >= 15 is 0 Å². The van der Waals surface area contributed by atoms with Crippen molar-refractivity contribution in [3.8, 4) is 5.75 Å². The van der Waals surface area contributed by atoms with Gasteiger partial charge in [-0.2, -0.15) is 9.78 Å². The number of esters is 1. The first-order chi connectivity index (χ1) is 15.9. The van der Waals surface area contributed by atoms with Crippen molar-refractivity contribution >= 4 is 44.7 Å². The Hall–Kier alpha value is -3.60. The number of carbonyl (C=O) groups excluding carboxylic acids is 1. The molecule has 11 heteroatoms. The van der Waals surface area contributed by atoms with Crippen molar-refractivity contribution < 1.29 is 19.2 Å². The van der Waals surface area contributed by atoms with Crippen LogP contribution in [0, 0.1) is 10.1 Å². The third-order valence-corrected chi connectivity index (χ3v) is 5.33. The number of ether oxygens (including phenoxy) is 2. The van der Waals surface area contributed by atoms with Crippen LogP contribution in [0.15, 0.2) is 50.8 Å². The van der Waals surface area contributed by atoms with Crippen molar-refractivity contribution in [1.82, 2.24) is 9.66 Å². The number of carbonyl (C=O) groups is 1. The summed E-state index contributed by atoms with van der Waals surface area (Å²) >= 11 is 3.36. The number of nitrogens with zero attached hydrogens (tertiary/aromatic N) is 4. The molecule has 0 N–H and O–H groups in total. The molecule has 0 unspecified atom stereocenters. The average molecular weight is 531 g/mol. The van der Waals surface area contributed by atoms with E-state index in [0.717, 1.165) is 0 Å². The first-order valence-electron chi connectivity index (χ1n) is 10.2. The van der Waals surface area contributed by atoms with Crippen molar-refractivity contribution in [1.29, 1.82) is 0 Å². The second kappa shape index (κ2) is 9.72. The van der Waals surface area contributed by atoms with E-state index in [9.17, 15) is 19.7 Å². The van der Waals surface area contributed by atoms with Crippen molar-refractivity contribution in [2.45, 2.75) is 39.2 Å². The number of nitro groups is 1. The third kappa shape index (κ3) is 5.14. The topological polar surface area (TPSA) is 126 Å². The summed E-state index contributed by atoms with van der Waals surface area (Å²) in [5, 5.41) is 16.3. The zero-order valence-electron chi connectivity index (χ0n) is 19.2. The van der Waals surface area contributed by atoms with Crippen LogP contribution in [0.4, 0.5) is 5.69 Å². The number of nitro benzene ring substituents is 1. The average Bonchev–Trinajstić information content (AvgIpc) is 2.77. The normalized spacial score (nSPS) is 12.6. The number of hydrogen-bond donors (Lipinski definition) is 0. The molecule has 1 heterocycles. The van der Waals surface area contributed by atoms with Crippen LogP contribution < -0.4 is 10.3 Å². The fourth-order valence-corrected chi connectivity index (χ4v) is 3.53. The number of benzene rings is 2. The van der Waals surface area contributed by atoms with Gasteiger partial charge in [0, 0.05) is 21.5 Å². The number of para-hydroxylation sites is 1. The van der Waals surface area contributed by atoms with Crippen molar-refractivity contribution in [3.05, 3.63) is 72.7 Å². The summed E-state index contributed by atoms with van der Waals surface area (Å²) in [6.45, 7) is 7.10. The molecule has 0 spiro atoms. The van der Waals surface area contributed by atoms with Crippen LogP contribution in [-0.4, -0.2) is 40.0 Å². The summed E-state index contributed by atoms with van der Waals surface area (Å²) < 4.78 is 12.1. The SMILES string of the molecule is COC(=O)[C@H](C)Oc1c(C=Nn2c(C(C)(C)C)nc3ccc(Br)cc3c2=O)cccc1[N+](=O)[O-]. The molecule has 1 atom stereocenters. The second-order valence-corrected chi connectivity index (χ2v) is 9.36. The van der Waals surface area contributed by atoms with Gasteiger partial charge in [0.1, 0.15) is 5.82 Å². The fraction of sp³-hybridized carbons (Fsp3) is 0.304. The molecule has 0 aliphatic heterocycles. The maximum absolute atomic E-state index is 13.3. The van der Waals surface area contributed by atoms with Crippen molar-refractivity contribution in [3.63, 3.8) is 0 Å². The summed E-state index contributed by atoms with van der Waals surface area (Å²) in [5.74, 6) is -0.466. The van der Waals surface area contributed by atoms with Gasteiger partial charge in [-0.3, -0.25) is 14.9 Å². The minimum atomic E-state index is -1.11. The summed E-state index contributed by atoms with van der Waals surface area (Å²) in [7, 11) is 1.19. The molecule has 0 fully saturated rings. The molecule has 3 rings (SSSR count). The van der Waals surface area contributed by atoms with Gasteiger partial charge in [0.25, 0.3) is 5.56 Å². The van der Waals surface area contributed by atoms with Gasteiger partial charge in [0.05, 0.1) is 29.2 Å². The Labute approximate surface area is 203 Å². The number of methoxy groups -OCH3 is 1. The minimum absolute atomic E-state index is 0.170. The lowest BCUT2D eigenvalue weighted by atomic mass is 9.95. The van der Waals surface area contributed by atoms with E-state index in [4.69, 9.17) is 4.74 Å². The predicted octanol–water partition coefficient (Wildman–Crippen LogP) is 4.19. The Morgan fingerprint density at radius 2 is 2.00 bits per heavy atom. The molecule has 0 saturated heterocycles. The number of aromatic nitrogens is 2. The van der Waals surface area contributed by atoms with E-state index in [1.807, 2.05) is 20.8 Å². The van der Waals surface area contributed by atoms with Crippen molar-refractivity contribution in [2.24, 2.45) is 5.10 Å². The Bertz CT molecular complexity index is 1360. The molecule has 2 aromatic carbocycles. The lowest BCUT2D eigenvalue weighted by Gasteiger charge is -2.21. The van der Waals surface area contributed by atoms with Gasteiger partial charge < -0.3 is 9.47 Å². The number of halogens is 1. The number of hydrogen-bond acceptors (Lipinski definition) is 8. The summed E-state index contributed by atoms with van der Waals surface area (Å²) in [6, 6.07) is 9.43. The maximum Gasteiger partial charge on any atom is 0.346 e. The van der Waals surface area contributed by atoms with Crippen molar-refractivity contribution in [2.75, 3.05) is 7.11 Å². The van der Waals surface area contributed by atoms with E-state index in [-0.39, 0.29) is 17.0 Å². The van der Waals surface area contributed by atoms with Gasteiger partial charge >= 0.3 is 11.7 Å². The molecule has 0 amide bonds. The van der Waals surface area contributed by atoms with Crippen LogP contribution in [0.25, 0.3) is 10.9 Å². The number of fused-ring (bicyclic) bond motifs is 1. The van der Waals surface area contributed by atoms with Crippen LogP contribution in [0.1, 0.15) is 39.1 Å². The minimum Gasteiger partial charge on any atom is -0.471 e. The fourth-order valence-electron chi connectivity index (χ4n) is 3.17. The van der Waals surface area contributed by atoms with Crippen LogP contribution in [-0.2, 0) is 14.9 Å². The van der Waals surface area contributed by atoms with E-state index in [1.54, 1.807) is 18.2 Å². The Morgan fingerprint density at radius 1 is 1.29 bits per heavy atom. The molecule has 1 aromatic heterocycles. The second-order valence-electron chi connectivity index (χ2n) is 8.44. The van der Waals surface area contributed by atoms with E-state index in [1.165, 1.54) is 43.1 Å². The lowest BCUT2D eigenvalue weighted by Crippen LogP contribution is -2.29. The Kier molecular flexibility index (Phi) is 7.15. The zero-order valence-corrected chi connectivity index (χ0v) is 20.8. The molecule has 34 heavy (non-hydrogen) atoms. The Balaban J connectivity index is 2.21. The zero-order chi connectivity index (χ0) is 25.2. The van der Waals surface area contributed by atoms with Crippen LogP contribution in [0.3, 0.4) is 0 Å². The van der Waals surface area contributed by atoms with E-state index in [2.05, 4.69) is 30.8 Å². The third-order valence-electron chi connectivity index (χ3n) is 4.84. The maximum atomic E-state index is 13.3. The molecule has 3 aromatic rings. The highest BCUT2D eigenvalue weighted by Crippen LogP contribution is 2.31. The molecule has 0 saturated carbocycles. The molecule has 0 radical (unpaired) electrons. The molecule has 0 aliphatic rings. The summed E-state index contributed by atoms with van der Waals surface area (Å²) in [5.41, 5.74) is -0.576. The first-order valence-corrected chi connectivity index (χ1v) is 11.0. The van der Waals surface area contributed by atoms with E-state index in [0.29, 0.717) is 21.2 Å². The van der Waals surface area contributed by atoms with Gasteiger partial charge in [-0.05, 0) is 31.2 Å². The molecule has 0 aliphatic carbocycles. The monoisotopic (exact) mass is 530 g/mol. The van der Waals surface area contributed by atoms with Gasteiger partial charge in [0.2, 0.25) is 5.75 Å². The van der Waals surface area contributed by atoms with Crippen LogP contribution >= 0.6 is 15.9 Å². The van der Waals surface area contributed by atoms with Gasteiger partial charge in [-0.1, -0.05) is 42.8 Å². The molecular formula is C23H23BrN4O6. The van der Waals surface area contributed by atoms with Gasteiger partial charge in [-0.25, -0.2) is 9.78 Å². The highest BCUT2D eigenvalue weighted by atomic mass is 79.9. The largest absolute Gasteiger partial charge is 0.471 e. The molecule has 0 bridgehead atoms. The highest BCUT2D eigenvalue weighted by Gasteiger charge is 2.25. The van der Waals surface area contributed by atoms with Gasteiger partial charge in [-0.15, -0.1) is 0 Å². The molecular weight excluding hydrogens is 508 g/mol.